The van der Waals surface area contributed by atoms with Gasteiger partial charge in [0.25, 0.3) is 0 Å². The van der Waals surface area contributed by atoms with Gasteiger partial charge in [-0.15, -0.1) is 0 Å². The van der Waals surface area contributed by atoms with Gasteiger partial charge in [0.2, 0.25) is 0 Å². The lowest BCUT2D eigenvalue weighted by atomic mass is 10.1. The van der Waals surface area contributed by atoms with Crippen LogP contribution in [0, 0.1) is 11.3 Å². The highest BCUT2D eigenvalue weighted by molar-refractivity contribution is 5.68. The first-order chi connectivity index (χ1) is 7.90. The summed E-state index contributed by atoms with van der Waals surface area (Å²) in [5, 5.41) is 16.5. The molecule has 0 amide bonds. The maximum Gasteiger partial charge on any atom is 0.110 e. The maximum absolute atomic E-state index is 9.22. The summed E-state index contributed by atoms with van der Waals surface area (Å²) in [7, 11) is 0. The van der Waals surface area contributed by atoms with Gasteiger partial charge in [-0.2, -0.15) is 10.4 Å². The van der Waals surface area contributed by atoms with Gasteiger partial charge in [-0.25, -0.2) is 0 Å². The van der Waals surface area contributed by atoms with Crippen LogP contribution in [0.1, 0.15) is 30.0 Å². The zero-order valence-corrected chi connectivity index (χ0v) is 8.77. The highest BCUT2D eigenvalue weighted by Gasteiger charge is 2.29. The van der Waals surface area contributed by atoms with Crippen LogP contribution in [0.3, 0.4) is 0 Å². The Balaban J connectivity index is 2.12. The third-order valence-corrected chi connectivity index (χ3v) is 2.94. The number of rotatable bonds is 2. The molecular formula is C13H11N3. The molecule has 1 aliphatic carbocycles. The van der Waals surface area contributed by atoms with Crippen LogP contribution in [0.15, 0.2) is 30.3 Å². The molecule has 3 rings (SSSR count). The van der Waals surface area contributed by atoms with E-state index >= 15 is 0 Å². The Morgan fingerprint density at radius 3 is 2.62 bits per heavy atom. The lowest BCUT2D eigenvalue weighted by Gasteiger charge is -1.96. The fraction of sp³-hybridized carbons (Fsp3) is 0.231. The SMILES string of the molecule is N#Cc1c(-c2ccccc2)n[nH]c1C1CC1. The van der Waals surface area contributed by atoms with Gasteiger partial charge in [-0.1, -0.05) is 30.3 Å². The van der Waals surface area contributed by atoms with Crippen molar-refractivity contribution in [3.05, 3.63) is 41.6 Å². The summed E-state index contributed by atoms with van der Waals surface area (Å²) in [5.41, 5.74) is 3.52. The fourth-order valence-electron chi connectivity index (χ4n) is 1.94. The van der Waals surface area contributed by atoms with Gasteiger partial charge in [0.15, 0.2) is 0 Å². The first-order valence-electron chi connectivity index (χ1n) is 5.44. The Kier molecular flexibility index (Phi) is 2.00. The number of hydrogen-bond acceptors (Lipinski definition) is 2. The minimum absolute atomic E-state index is 0.527. The second-order valence-corrected chi connectivity index (χ2v) is 4.11. The molecule has 3 nitrogen and oxygen atoms in total. The predicted molar refractivity (Wildman–Crippen MR) is 60.7 cm³/mol. The van der Waals surface area contributed by atoms with Gasteiger partial charge in [0.05, 0.1) is 5.69 Å². The van der Waals surface area contributed by atoms with Crippen LogP contribution in [0.2, 0.25) is 0 Å². The second kappa shape index (κ2) is 3.49. The minimum Gasteiger partial charge on any atom is -0.280 e. The predicted octanol–water partition coefficient (Wildman–Crippen LogP) is 2.83. The summed E-state index contributed by atoms with van der Waals surface area (Å²) < 4.78 is 0. The highest BCUT2D eigenvalue weighted by atomic mass is 15.1. The molecular weight excluding hydrogens is 198 g/mol. The van der Waals surface area contributed by atoms with E-state index in [4.69, 9.17) is 0 Å². The van der Waals surface area contributed by atoms with E-state index in [1.807, 2.05) is 30.3 Å². The first kappa shape index (κ1) is 9.17. The third kappa shape index (κ3) is 1.40. The largest absolute Gasteiger partial charge is 0.280 e. The lowest BCUT2D eigenvalue weighted by Crippen LogP contribution is -1.84. The van der Waals surface area contributed by atoms with Crippen molar-refractivity contribution < 1.29 is 0 Å². The molecule has 1 fully saturated rings. The molecule has 16 heavy (non-hydrogen) atoms. The van der Waals surface area contributed by atoms with E-state index in [-0.39, 0.29) is 0 Å². The highest BCUT2D eigenvalue weighted by Crippen LogP contribution is 2.42. The molecule has 1 heterocycles. The summed E-state index contributed by atoms with van der Waals surface area (Å²) in [6.07, 6.45) is 2.34. The van der Waals surface area contributed by atoms with Crippen molar-refractivity contribution in [3.8, 4) is 17.3 Å². The number of hydrogen-bond donors (Lipinski definition) is 1. The zero-order chi connectivity index (χ0) is 11.0. The van der Waals surface area contributed by atoms with Crippen molar-refractivity contribution >= 4 is 0 Å². The lowest BCUT2D eigenvalue weighted by molar-refractivity contribution is 0.964. The van der Waals surface area contributed by atoms with E-state index < -0.39 is 0 Å². The maximum atomic E-state index is 9.22. The number of nitrogens with one attached hydrogen (secondary N) is 1. The van der Waals surface area contributed by atoms with Gasteiger partial charge in [-0.3, -0.25) is 5.10 Å². The topological polar surface area (TPSA) is 52.5 Å². The standard InChI is InChI=1S/C13H11N3/c14-8-11-12(9-4-2-1-3-5-9)15-16-13(11)10-6-7-10/h1-5,10H,6-7H2,(H,15,16). The average Bonchev–Trinajstić information content (AvgIpc) is 3.09. The molecule has 0 atom stereocenters. The molecule has 1 aromatic carbocycles. The molecule has 0 unspecified atom stereocenters. The number of aromatic amines is 1. The van der Waals surface area contributed by atoms with E-state index in [1.54, 1.807) is 0 Å². The summed E-state index contributed by atoms with van der Waals surface area (Å²) in [6, 6.07) is 12.1. The van der Waals surface area contributed by atoms with Gasteiger partial charge < -0.3 is 0 Å². The molecule has 0 spiro atoms. The van der Waals surface area contributed by atoms with Crippen molar-refractivity contribution in [1.29, 1.82) is 5.26 Å². The third-order valence-electron chi connectivity index (χ3n) is 2.94. The first-order valence-corrected chi connectivity index (χ1v) is 5.44. The van der Waals surface area contributed by atoms with Crippen molar-refractivity contribution in [2.45, 2.75) is 18.8 Å². The molecule has 2 aromatic rings. The quantitative estimate of drug-likeness (QED) is 0.826. The van der Waals surface area contributed by atoms with Crippen molar-refractivity contribution in [2.24, 2.45) is 0 Å². The van der Waals surface area contributed by atoms with Gasteiger partial charge >= 0.3 is 0 Å². The Bertz CT molecular complexity index is 544. The Morgan fingerprint density at radius 1 is 1.25 bits per heavy atom. The monoisotopic (exact) mass is 209 g/mol. The molecule has 1 N–H and O–H groups in total. The Morgan fingerprint density at radius 2 is 2.00 bits per heavy atom. The van der Waals surface area contributed by atoms with Crippen molar-refractivity contribution in [2.75, 3.05) is 0 Å². The van der Waals surface area contributed by atoms with Gasteiger partial charge in [0.1, 0.15) is 17.3 Å². The van der Waals surface area contributed by atoms with Crippen LogP contribution in [0.25, 0.3) is 11.3 Å². The van der Waals surface area contributed by atoms with Gasteiger partial charge in [0, 0.05) is 11.5 Å². The number of aromatic nitrogens is 2. The van der Waals surface area contributed by atoms with E-state index in [2.05, 4.69) is 16.3 Å². The van der Waals surface area contributed by atoms with Crippen LogP contribution >= 0.6 is 0 Å². The van der Waals surface area contributed by atoms with Crippen LogP contribution in [-0.2, 0) is 0 Å². The van der Waals surface area contributed by atoms with E-state index in [0.717, 1.165) is 17.0 Å². The summed E-state index contributed by atoms with van der Waals surface area (Å²) in [4.78, 5) is 0. The van der Waals surface area contributed by atoms with Crippen molar-refractivity contribution in [1.82, 2.24) is 10.2 Å². The summed E-state index contributed by atoms with van der Waals surface area (Å²) >= 11 is 0. The zero-order valence-electron chi connectivity index (χ0n) is 8.77. The molecule has 78 valence electrons. The van der Waals surface area contributed by atoms with E-state index in [1.165, 1.54) is 12.8 Å². The smallest absolute Gasteiger partial charge is 0.110 e. The molecule has 0 radical (unpaired) electrons. The van der Waals surface area contributed by atoms with Crippen molar-refractivity contribution in [3.63, 3.8) is 0 Å². The van der Waals surface area contributed by atoms with E-state index in [9.17, 15) is 5.26 Å². The fourth-order valence-corrected chi connectivity index (χ4v) is 1.94. The van der Waals surface area contributed by atoms with Crippen LogP contribution in [0.4, 0.5) is 0 Å². The Labute approximate surface area is 93.7 Å². The number of benzene rings is 1. The Hall–Kier alpha value is -2.08. The van der Waals surface area contributed by atoms with Crippen LogP contribution < -0.4 is 0 Å². The number of nitriles is 1. The second-order valence-electron chi connectivity index (χ2n) is 4.11. The number of nitrogens with zero attached hydrogens (tertiary/aromatic N) is 2. The minimum atomic E-state index is 0.527. The molecule has 1 saturated carbocycles. The van der Waals surface area contributed by atoms with E-state index in [0.29, 0.717) is 11.5 Å². The summed E-state index contributed by atoms with van der Waals surface area (Å²) in [6.45, 7) is 0. The molecule has 0 bridgehead atoms. The normalized spacial score (nSPS) is 14.7. The molecule has 1 aromatic heterocycles. The molecule has 3 heteroatoms. The average molecular weight is 209 g/mol. The summed E-state index contributed by atoms with van der Waals surface area (Å²) in [5.74, 6) is 0.527. The number of H-pyrrole nitrogens is 1. The van der Waals surface area contributed by atoms with Gasteiger partial charge in [-0.05, 0) is 12.8 Å². The molecule has 0 aliphatic heterocycles. The molecule has 0 saturated heterocycles. The van der Waals surface area contributed by atoms with Crippen LogP contribution in [0.5, 0.6) is 0 Å². The molecule has 1 aliphatic rings. The van der Waals surface area contributed by atoms with Crippen LogP contribution in [-0.4, -0.2) is 10.2 Å².